The van der Waals surface area contributed by atoms with Gasteiger partial charge in [0.25, 0.3) is 0 Å². The first kappa shape index (κ1) is 12.6. The van der Waals surface area contributed by atoms with Crippen molar-refractivity contribution in [2.75, 3.05) is 20.3 Å². The van der Waals surface area contributed by atoms with Crippen molar-refractivity contribution in [1.29, 1.82) is 0 Å². The highest BCUT2D eigenvalue weighted by Gasteiger charge is 2.16. The molecule has 0 aliphatic heterocycles. The summed E-state index contributed by atoms with van der Waals surface area (Å²) in [4.78, 5) is 4.29. The van der Waals surface area contributed by atoms with Gasteiger partial charge in [0.2, 0.25) is 0 Å². The average Bonchev–Trinajstić information content (AvgIpc) is 2.84. The van der Waals surface area contributed by atoms with Gasteiger partial charge in [-0.3, -0.25) is 0 Å². The standard InChI is InChI=1S/C13H23N3O/c1-17-8-7-14-9-13-10-15-11-16(13)12-5-3-2-4-6-12/h10-12,14H,2-9H2,1H3. The molecule has 1 aromatic rings. The topological polar surface area (TPSA) is 39.1 Å². The Morgan fingerprint density at radius 3 is 3.00 bits per heavy atom. The normalized spacial score (nSPS) is 17.5. The lowest BCUT2D eigenvalue weighted by Crippen LogP contribution is -2.22. The maximum atomic E-state index is 5.02. The van der Waals surface area contributed by atoms with Gasteiger partial charge in [-0.2, -0.15) is 0 Å². The first-order valence-electron chi connectivity index (χ1n) is 6.62. The summed E-state index contributed by atoms with van der Waals surface area (Å²) in [6, 6.07) is 0.672. The summed E-state index contributed by atoms with van der Waals surface area (Å²) >= 11 is 0. The van der Waals surface area contributed by atoms with Crippen LogP contribution < -0.4 is 5.32 Å². The Morgan fingerprint density at radius 1 is 1.41 bits per heavy atom. The number of ether oxygens (including phenoxy) is 1. The summed E-state index contributed by atoms with van der Waals surface area (Å²) in [7, 11) is 1.73. The summed E-state index contributed by atoms with van der Waals surface area (Å²) in [6.07, 6.45) is 10.7. The van der Waals surface area contributed by atoms with Gasteiger partial charge in [-0.05, 0) is 12.8 Å². The Hall–Kier alpha value is -0.870. The van der Waals surface area contributed by atoms with Gasteiger partial charge in [0.1, 0.15) is 0 Å². The highest BCUT2D eigenvalue weighted by Crippen LogP contribution is 2.28. The van der Waals surface area contributed by atoms with Crippen molar-refractivity contribution >= 4 is 0 Å². The molecule has 17 heavy (non-hydrogen) atoms. The van der Waals surface area contributed by atoms with E-state index in [1.54, 1.807) is 7.11 Å². The molecule has 0 amide bonds. The molecule has 0 bridgehead atoms. The van der Waals surface area contributed by atoms with E-state index < -0.39 is 0 Å². The second-order valence-electron chi connectivity index (χ2n) is 4.75. The minimum Gasteiger partial charge on any atom is -0.383 e. The van der Waals surface area contributed by atoms with Crippen LogP contribution in [0.2, 0.25) is 0 Å². The summed E-state index contributed by atoms with van der Waals surface area (Å²) in [5.41, 5.74) is 1.30. The molecule has 0 saturated heterocycles. The van der Waals surface area contributed by atoms with Crippen LogP contribution in [0.3, 0.4) is 0 Å². The molecule has 2 rings (SSSR count). The van der Waals surface area contributed by atoms with Crippen molar-refractivity contribution in [3.8, 4) is 0 Å². The Morgan fingerprint density at radius 2 is 2.24 bits per heavy atom. The van der Waals surface area contributed by atoms with E-state index in [1.165, 1.54) is 37.8 Å². The van der Waals surface area contributed by atoms with Gasteiger partial charge in [-0.1, -0.05) is 19.3 Å². The second kappa shape index (κ2) is 6.77. The first-order chi connectivity index (χ1) is 8.42. The molecule has 1 N–H and O–H groups in total. The highest BCUT2D eigenvalue weighted by molar-refractivity contribution is 5.00. The molecule has 0 atom stereocenters. The number of hydrogen-bond acceptors (Lipinski definition) is 3. The van der Waals surface area contributed by atoms with Crippen molar-refractivity contribution in [2.45, 2.75) is 44.7 Å². The summed E-state index contributed by atoms with van der Waals surface area (Å²) in [5.74, 6) is 0. The van der Waals surface area contributed by atoms with Crippen LogP contribution in [0.1, 0.15) is 43.8 Å². The van der Waals surface area contributed by atoms with E-state index in [-0.39, 0.29) is 0 Å². The van der Waals surface area contributed by atoms with Crippen LogP contribution in [0, 0.1) is 0 Å². The minimum atomic E-state index is 0.672. The van der Waals surface area contributed by atoms with Crippen LogP contribution in [0.15, 0.2) is 12.5 Å². The molecular weight excluding hydrogens is 214 g/mol. The van der Waals surface area contributed by atoms with Crippen LogP contribution in [-0.2, 0) is 11.3 Å². The average molecular weight is 237 g/mol. The van der Waals surface area contributed by atoms with Crippen LogP contribution in [-0.4, -0.2) is 29.8 Å². The predicted molar refractivity (Wildman–Crippen MR) is 67.9 cm³/mol. The second-order valence-corrected chi connectivity index (χ2v) is 4.75. The molecule has 1 aromatic heterocycles. The smallest absolute Gasteiger partial charge is 0.0951 e. The van der Waals surface area contributed by atoms with E-state index in [4.69, 9.17) is 4.74 Å². The quantitative estimate of drug-likeness (QED) is 0.770. The van der Waals surface area contributed by atoms with Gasteiger partial charge in [0, 0.05) is 32.4 Å². The predicted octanol–water partition coefficient (Wildman–Crippen LogP) is 2.12. The molecule has 0 unspecified atom stereocenters. The molecule has 0 radical (unpaired) electrons. The van der Waals surface area contributed by atoms with Gasteiger partial charge in [-0.25, -0.2) is 4.98 Å². The Kier molecular flexibility index (Phi) is 5.01. The van der Waals surface area contributed by atoms with E-state index in [9.17, 15) is 0 Å². The Bertz CT molecular complexity index is 318. The van der Waals surface area contributed by atoms with E-state index in [1.807, 2.05) is 12.5 Å². The number of methoxy groups -OCH3 is 1. The van der Waals surface area contributed by atoms with Crippen molar-refractivity contribution in [3.05, 3.63) is 18.2 Å². The van der Waals surface area contributed by atoms with Crippen LogP contribution >= 0.6 is 0 Å². The maximum absolute atomic E-state index is 5.02. The number of nitrogens with zero attached hydrogens (tertiary/aromatic N) is 2. The number of imidazole rings is 1. The zero-order valence-corrected chi connectivity index (χ0v) is 10.7. The number of aromatic nitrogens is 2. The van der Waals surface area contributed by atoms with Crippen molar-refractivity contribution < 1.29 is 4.74 Å². The fourth-order valence-corrected chi connectivity index (χ4v) is 2.55. The van der Waals surface area contributed by atoms with Crippen molar-refractivity contribution in [2.24, 2.45) is 0 Å². The fourth-order valence-electron chi connectivity index (χ4n) is 2.55. The van der Waals surface area contributed by atoms with Crippen LogP contribution in [0.5, 0.6) is 0 Å². The van der Waals surface area contributed by atoms with Gasteiger partial charge in [0.15, 0.2) is 0 Å². The third-order valence-electron chi connectivity index (χ3n) is 3.50. The van der Waals surface area contributed by atoms with Crippen molar-refractivity contribution in [1.82, 2.24) is 14.9 Å². The molecule has 96 valence electrons. The Labute approximate surface area is 103 Å². The zero-order chi connectivity index (χ0) is 11.9. The molecule has 4 nitrogen and oxygen atoms in total. The van der Waals surface area contributed by atoms with E-state index >= 15 is 0 Å². The number of hydrogen-bond donors (Lipinski definition) is 1. The molecule has 1 aliphatic rings. The first-order valence-corrected chi connectivity index (χ1v) is 6.62. The SMILES string of the molecule is COCCNCc1cncn1C1CCCCC1. The largest absolute Gasteiger partial charge is 0.383 e. The molecule has 1 fully saturated rings. The molecule has 1 heterocycles. The molecule has 0 aromatic carbocycles. The van der Waals surface area contributed by atoms with E-state index in [0.29, 0.717) is 6.04 Å². The lowest BCUT2D eigenvalue weighted by molar-refractivity contribution is 0.198. The fraction of sp³-hybridized carbons (Fsp3) is 0.769. The third-order valence-corrected chi connectivity index (χ3v) is 3.50. The summed E-state index contributed by atoms with van der Waals surface area (Å²) in [6.45, 7) is 2.55. The lowest BCUT2D eigenvalue weighted by Gasteiger charge is -2.24. The minimum absolute atomic E-state index is 0.672. The van der Waals surface area contributed by atoms with Crippen LogP contribution in [0.4, 0.5) is 0 Å². The summed E-state index contributed by atoms with van der Waals surface area (Å²) in [5, 5.41) is 3.38. The van der Waals surface area contributed by atoms with Crippen molar-refractivity contribution in [3.63, 3.8) is 0 Å². The third kappa shape index (κ3) is 3.54. The van der Waals surface area contributed by atoms with E-state index in [0.717, 1.165) is 19.7 Å². The van der Waals surface area contributed by atoms with E-state index in [2.05, 4.69) is 14.9 Å². The molecule has 1 saturated carbocycles. The van der Waals surface area contributed by atoms with Crippen LogP contribution in [0.25, 0.3) is 0 Å². The summed E-state index contributed by atoms with van der Waals surface area (Å²) < 4.78 is 7.38. The highest BCUT2D eigenvalue weighted by atomic mass is 16.5. The van der Waals surface area contributed by atoms with Gasteiger partial charge < -0.3 is 14.6 Å². The molecule has 0 spiro atoms. The number of rotatable bonds is 6. The molecule has 4 heteroatoms. The van der Waals surface area contributed by atoms with Gasteiger partial charge in [0.05, 0.1) is 18.6 Å². The Balaban J connectivity index is 1.87. The zero-order valence-electron chi connectivity index (χ0n) is 10.7. The molecular formula is C13H23N3O. The van der Waals surface area contributed by atoms with Gasteiger partial charge in [-0.15, -0.1) is 0 Å². The number of nitrogens with one attached hydrogen (secondary N) is 1. The van der Waals surface area contributed by atoms with Gasteiger partial charge >= 0.3 is 0 Å². The molecule has 1 aliphatic carbocycles. The maximum Gasteiger partial charge on any atom is 0.0951 e. The monoisotopic (exact) mass is 237 g/mol. The lowest BCUT2D eigenvalue weighted by atomic mass is 9.95.